The lowest BCUT2D eigenvalue weighted by molar-refractivity contribution is -0.142. The van der Waals surface area contributed by atoms with E-state index < -0.39 is 12.0 Å². The molecule has 124 valence electrons. The van der Waals surface area contributed by atoms with Crippen molar-refractivity contribution in [3.8, 4) is 5.75 Å². The predicted molar refractivity (Wildman–Crippen MR) is 89.1 cm³/mol. The van der Waals surface area contributed by atoms with E-state index in [9.17, 15) is 14.7 Å². The molecule has 1 atom stereocenters. The zero-order valence-electron chi connectivity index (χ0n) is 13.4. The molecule has 5 heteroatoms. The van der Waals surface area contributed by atoms with Gasteiger partial charge in [-0.15, -0.1) is 0 Å². The van der Waals surface area contributed by atoms with Gasteiger partial charge in [0.1, 0.15) is 11.8 Å². The number of carbonyl (C=O) groups excluding carboxylic acids is 1. The van der Waals surface area contributed by atoms with Crippen molar-refractivity contribution in [2.24, 2.45) is 0 Å². The maximum atomic E-state index is 12.9. The maximum absolute atomic E-state index is 12.9. The third-order valence-electron chi connectivity index (χ3n) is 4.19. The van der Waals surface area contributed by atoms with Gasteiger partial charge in [-0.1, -0.05) is 30.3 Å². The molecule has 1 unspecified atom stereocenters. The van der Waals surface area contributed by atoms with Crippen LogP contribution in [0.3, 0.4) is 0 Å². The summed E-state index contributed by atoms with van der Waals surface area (Å²) in [5.41, 5.74) is 2.41. The van der Waals surface area contributed by atoms with Gasteiger partial charge >= 0.3 is 5.97 Å². The molecule has 3 rings (SSSR count). The Hall–Kier alpha value is -2.82. The Morgan fingerprint density at radius 1 is 1.17 bits per heavy atom. The molecule has 0 saturated heterocycles. The van der Waals surface area contributed by atoms with Crippen LogP contribution in [-0.4, -0.2) is 34.5 Å². The van der Waals surface area contributed by atoms with Crippen molar-refractivity contribution in [2.45, 2.75) is 25.9 Å². The fourth-order valence-corrected chi connectivity index (χ4v) is 3.01. The monoisotopic (exact) mass is 325 g/mol. The van der Waals surface area contributed by atoms with E-state index >= 15 is 0 Å². The number of hydrogen-bond acceptors (Lipinski definition) is 3. The second-order valence-corrected chi connectivity index (χ2v) is 5.72. The standard InChI is InChI=1S/C19H19NO4/c1-2-24-16-9-5-8-14(10-16)18(21)20-12-15-7-4-3-6-13(15)11-17(20)19(22)23/h3-10,17H,2,11-12H2,1H3,(H,22,23). The van der Waals surface area contributed by atoms with E-state index in [4.69, 9.17) is 4.74 Å². The van der Waals surface area contributed by atoms with Crippen molar-refractivity contribution in [2.75, 3.05) is 6.61 Å². The summed E-state index contributed by atoms with van der Waals surface area (Å²) in [6.07, 6.45) is 0.322. The number of benzene rings is 2. The maximum Gasteiger partial charge on any atom is 0.326 e. The lowest BCUT2D eigenvalue weighted by atomic mass is 9.93. The SMILES string of the molecule is CCOc1cccc(C(=O)N2Cc3ccccc3CC2C(=O)O)c1. The third-order valence-corrected chi connectivity index (χ3v) is 4.19. The van der Waals surface area contributed by atoms with E-state index in [1.165, 1.54) is 4.90 Å². The Bertz CT molecular complexity index is 771. The summed E-state index contributed by atoms with van der Waals surface area (Å²) in [5, 5.41) is 9.55. The zero-order valence-corrected chi connectivity index (χ0v) is 13.4. The molecule has 1 amide bonds. The number of rotatable bonds is 4. The van der Waals surface area contributed by atoms with Crippen LogP contribution in [-0.2, 0) is 17.8 Å². The molecule has 2 aromatic carbocycles. The van der Waals surface area contributed by atoms with Gasteiger partial charge in [0.15, 0.2) is 0 Å². The van der Waals surface area contributed by atoms with Gasteiger partial charge in [-0.25, -0.2) is 4.79 Å². The van der Waals surface area contributed by atoms with E-state index in [1.807, 2.05) is 31.2 Å². The van der Waals surface area contributed by atoms with E-state index in [-0.39, 0.29) is 5.91 Å². The molecule has 1 N–H and O–H groups in total. The van der Waals surface area contributed by atoms with Crippen LogP contribution in [0.1, 0.15) is 28.4 Å². The number of carboxylic acid groups (broad SMARTS) is 1. The summed E-state index contributed by atoms with van der Waals surface area (Å²) < 4.78 is 5.43. The van der Waals surface area contributed by atoms with Crippen molar-refractivity contribution in [1.29, 1.82) is 0 Å². The second kappa shape index (κ2) is 6.74. The minimum atomic E-state index is -0.987. The van der Waals surface area contributed by atoms with Crippen LogP contribution < -0.4 is 4.74 Å². The molecule has 2 aromatic rings. The molecular weight excluding hydrogens is 306 g/mol. The van der Waals surface area contributed by atoms with Crippen LogP contribution in [0.5, 0.6) is 5.75 Å². The van der Waals surface area contributed by atoms with Crippen molar-refractivity contribution in [3.63, 3.8) is 0 Å². The molecule has 0 aromatic heterocycles. The molecule has 1 aliphatic rings. The van der Waals surface area contributed by atoms with Gasteiger partial charge in [0.25, 0.3) is 5.91 Å². The van der Waals surface area contributed by atoms with Crippen LogP contribution >= 0.6 is 0 Å². The van der Waals surface area contributed by atoms with E-state index in [0.717, 1.165) is 11.1 Å². The van der Waals surface area contributed by atoms with Gasteiger partial charge in [0.05, 0.1) is 6.61 Å². The molecule has 0 fully saturated rings. The zero-order chi connectivity index (χ0) is 17.1. The largest absolute Gasteiger partial charge is 0.494 e. The molecule has 0 saturated carbocycles. The molecule has 0 aliphatic carbocycles. The van der Waals surface area contributed by atoms with Crippen molar-refractivity contribution in [3.05, 3.63) is 65.2 Å². The van der Waals surface area contributed by atoms with E-state index in [1.54, 1.807) is 24.3 Å². The summed E-state index contributed by atoms with van der Waals surface area (Å²) in [6.45, 7) is 2.67. The first-order valence-corrected chi connectivity index (χ1v) is 7.93. The summed E-state index contributed by atoms with van der Waals surface area (Å²) >= 11 is 0. The van der Waals surface area contributed by atoms with Crippen LogP contribution in [0.15, 0.2) is 48.5 Å². The summed E-state index contributed by atoms with van der Waals surface area (Å²) in [7, 11) is 0. The molecule has 1 heterocycles. The molecule has 0 spiro atoms. The minimum Gasteiger partial charge on any atom is -0.494 e. The lowest BCUT2D eigenvalue weighted by Gasteiger charge is -2.34. The first kappa shape index (κ1) is 16.1. The fourth-order valence-electron chi connectivity index (χ4n) is 3.01. The number of carboxylic acids is 1. The lowest BCUT2D eigenvalue weighted by Crippen LogP contribution is -2.48. The quantitative estimate of drug-likeness (QED) is 0.938. The number of hydrogen-bond donors (Lipinski definition) is 1. The van der Waals surface area contributed by atoms with E-state index in [0.29, 0.717) is 30.9 Å². The molecular formula is C19H19NO4. The minimum absolute atomic E-state index is 0.293. The highest BCUT2D eigenvalue weighted by Gasteiger charge is 2.34. The number of carbonyl (C=O) groups is 2. The van der Waals surface area contributed by atoms with Crippen LogP contribution in [0.25, 0.3) is 0 Å². The van der Waals surface area contributed by atoms with Gasteiger partial charge in [0.2, 0.25) is 0 Å². The fraction of sp³-hybridized carbons (Fsp3) is 0.263. The van der Waals surface area contributed by atoms with Gasteiger partial charge in [-0.2, -0.15) is 0 Å². The summed E-state index contributed by atoms with van der Waals surface area (Å²) in [6, 6.07) is 13.6. The highest BCUT2D eigenvalue weighted by atomic mass is 16.5. The Balaban J connectivity index is 1.92. The Labute approximate surface area is 140 Å². The summed E-state index contributed by atoms with van der Waals surface area (Å²) in [5.74, 6) is -0.676. The molecule has 0 radical (unpaired) electrons. The van der Waals surface area contributed by atoms with Gasteiger partial charge in [0, 0.05) is 18.5 Å². The highest BCUT2D eigenvalue weighted by molar-refractivity contribution is 5.97. The first-order chi connectivity index (χ1) is 11.6. The first-order valence-electron chi connectivity index (χ1n) is 7.93. The molecule has 5 nitrogen and oxygen atoms in total. The molecule has 24 heavy (non-hydrogen) atoms. The number of fused-ring (bicyclic) bond motifs is 1. The van der Waals surface area contributed by atoms with Crippen molar-refractivity contribution in [1.82, 2.24) is 4.90 Å². The van der Waals surface area contributed by atoms with Crippen molar-refractivity contribution < 1.29 is 19.4 Å². The number of nitrogens with zero attached hydrogens (tertiary/aromatic N) is 1. The van der Waals surface area contributed by atoms with Gasteiger partial charge < -0.3 is 14.7 Å². The van der Waals surface area contributed by atoms with Crippen molar-refractivity contribution >= 4 is 11.9 Å². The average Bonchev–Trinajstić information content (AvgIpc) is 2.60. The topological polar surface area (TPSA) is 66.8 Å². The second-order valence-electron chi connectivity index (χ2n) is 5.72. The predicted octanol–water partition coefficient (Wildman–Crippen LogP) is 2.74. The molecule has 1 aliphatic heterocycles. The van der Waals surface area contributed by atoms with Gasteiger partial charge in [-0.3, -0.25) is 4.79 Å². The Morgan fingerprint density at radius 3 is 2.62 bits per heavy atom. The van der Waals surface area contributed by atoms with Crippen LogP contribution in [0.2, 0.25) is 0 Å². The van der Waals surface area contributed by atoms with Gasteiger partial charge in [-0.05, 0) is 36.2 Å². The van der Waals surface area contributed by atoms with E-state index in [2.05, 4.69) is 0 Å². The molecule has 0 bridgehead atoms. The third kappa shape index (κ3) is 3.11. The Morgan fingerprint density at radius 2 is 1.92 bits per heavy atom. The highest BCUT2D eigenvalue weighted by Crippen LogP contribution is 2.26. The average molecular weight is 325 g/mol. The number of ether oxygens (including phenoxy) is 1. The smallest absolute Gasteiger partial charge is 0.326 e. The number of amides is 1. The normalized spacial score (nSPS) is 16.4. The number of aliphatic carboxylic acids is 1. The van der Waals surface area contributed by atoms with Crippen LogP contribution in [0, 0.1) is 0 Å². The summed E-state index contributed by atoms with van der Waals surface area (Å²) in [4.78, 5) is 26.0. The Kier molecular flexibility index (Phi) is 4.51. The van der Waals surface area contributed by atoms with Crippen LogP contribution in [0.4, 0.5) is 0 Å².